The number of rotatable bonds is 3. The largest absolute Gasteiger partial charge is 0.370 e. The predicted octanol–water partition coefficient (Wildman–Crippen LogP) is 2.90. The highest BCUT2D eigenvalue weighted by atomic mass is 32.2. The summed E-state index contributed by atoms with van der Waals surface area (Å²) in [6, 6.07) is 1.00. The van der Waals surface area contributed by atoms with Crippen LogP contribution in [0.3, 0.4) is 0 Å². The number of guanidine groups is 1. The molecule has 0 amide bonds. The molecule has 18 heavy (non-hydrogen) atoms. The fourth-order valence-electron chi connectivity index (χ4n) is 3.17. The fourth-order valence-corrected chi connectivity index (χ4v) is 4.09. The molecule has 2 rings (SSSR count). The Bertz CT molecular complexity index is 274. The molecule has 2 aliphatic rings. The Morgan fingerprint density at radius 2 is 1.72 bits per heavy atom. The topological polar surface area (TPSA) is 50.4 Å². The van der Waals surface area contributed by atoms with Crippen LogP contribution in [-0.2, 0) is 0 Å². The zero-order valence-electron chi connectivity index (χ0n) is 11.5. The number of hydrogen-bond acceptors (Lipinski definition) is 2. The quantitative estimate of drug-likeness (QED) is 0.612. The molecular weight excluding hydrogens is 242 g/mol. The van der Waals surface area contributed by atoms with E-state index in [-0.39, 0.29) is 0 Å². The fraction of sp³-hybridized carbons (Fsp3) is 0.929. The summed E-state index contributed by atoms with van der Waals surface area (Å²) in [5.41, 5.74) is 6.08. The molecule has 3 N–H and O–H groups in total. The second kappa shape index (κ2) is 7.27. The zero-order valence-corrected chi connectivity index (χ0v) is 12.3. The van der Waals surface area contributed by atoms with Gasteiger partial charge in [-0.3, -0.25) is 0 Å². The molecule has 0 aromatic carbocycles. The summed E-state index contributed by atoms with van der Waals surface area (Å²) in [5, 5.41) is 4.10. The number of nitrogens with two attached hydrogens (primary N) is 1. The minimum absolute atomic E-state index is 0.435. The first-order valence-electron chi connectivity index (χ1n) is 7.42. The first kappa shape index (κ1) is 14.0. The van der Waals surface area contributed by atoms with E-state index in [1.165, 1.54) is 57.8 Å². The number of thioether (sulfide) groups is 1. The van der Waals surface area contributed by atoms with Gasteiger partial charge in [-0.2, -0.15) is 11.8 Å². The average molecular weight is 269 g/mol. The van der Waals surface area contributed by atoms with Gasteiger partial charge in [0.05, 0.1) is 6.04 Å². The standard InChI is InChI=1S/C14H27N3S/c1-18-13-10-6-5-9-12(13)17-14(15)16-11-7-3-2-4-8-11/h11-13H,2-10H2,1H3,(H3,15,16,17). The highest BCUT2D eigenvalue weighted by molar-refractivity contribution is 7.99. The van der Waals surface area contributed by atoms with Crippen molar-refractivity contribution in [3.8, 4) is 0 Å². The van der Waals surface area contributed by atoms with Gasteiger partial charge in [0, 0.05) is 11.3 Å². The van der Waals surface area contributed by atoms with Crippen molar-refractivity contribution in [1.82, 2.24) is 5.32 Å². The van der Waals surface area contributed by atoms with Crippen LogP contribution >= 0.6 is 11.8 Å². The third-order valence-corrected chi connectivity index (χ3v) is 5.39. The van der Waals surface area contributed by atoms with Gasteiger partial charge in [-0.25, -0.2) is 4.99 Å². The Hall–Kier alpha value is -0.380. The van der Waals surface area contributed by atoms with E-state index >= 15 is 0 Å². The lowest BCUT2D eigenvalue weighted by Gasteiger charge is -2.29. The minimum atomic E-state index is 0.435. The molecule has 0 aromatic heterocycles. The van der Waals surface area contributed by atoms with Gasteiger partial charge in [-0.05, 0) is 31.9 Å². The van der Waals surface area contributed by atoms with E-state index in [0.717, 1.165) is 0 Å². The molecular formula is C14H27N3S. The second-order valence-electron chi connectivity index (χ2n) is 5.62. The molecule has 0 aromatic rings. The molecule has 0 spiro atoms. The maximum absolute atomic E-state index is 6.08. The van der Waals surface area contributed by atoms with Gasteiger partial charge in [-0.1, -0.05) is 32.1 Å². The summed E-state index contributed by atoms with van der Waals surface area (Å²) in [6.07, 6.45) is 13.9. The van der Waals surface area contributed by atoms with E-state index in [4.69, 9.17) is 10.7 Å². The van der Waals surface area contributed by atoms with Gasteiger partial charge in [0.25, 0.3) is 0 Å². The number of hydrogen-bond donors (Lipinski definition) is 2. The van der Waals surface area contributed by atoms with E-state index in [1.54, 1.807) is 0 Å². The van der Waals surface area contributed by atoms with Crippen molar-refractivity contribution in [2.75, 3.05) is 6.26 Å². The molecule has 4 heteroatoms. The summed E-state index contributed by atoms with van der Waals surface area (Å²) >= 11 is 1.95. The Labute approximate surface area is 115 Å². The SMILES string of the molecule is CSC1CCCCC1N=C(N)NC1CCCCC1. The van der Waals surface area contributed by atoms with Crippen molar-refractivity contribution in [3.63, 3.8) is 0 Å². The van der Waals surface area contributed by atoms with Crippen molar-refractivity contribution in [2.45, 2.75) is 75.1 Å². The maximum Gasteiger partial charge on any atom is 0.189 e. The van der Waals surface area contributed by atoms with Gasteiger partial charge in [0.2, 0.25) is 0 Å². The Kier molecular flexibility index (Phi) is 5.67. The highest BCUT2D eigenvalue weighted by Gasteiger charge is 2.24. The smallest absolute Gasteiger partial charge is 0.189 e. The molecule has 0 bridgehead atoms. The van der Waals surface area contributed by atoms with Crippen LogP contribution in [0.15, 0.2) is 4.99 Å². The molecule has 0 aliphatic heterocycles. The van der Waals surface area contributed by atoms with Crippen LogP contribution in [0, 0.1) is 0 Å². The van der Waals surface area contributed by atoms with Gasteiger partial charge in [0.15, 0.2) is 5.96 Å². The van der Waals surface area contributed by atoms with E-state index in [9.17, 15) is 0 Å². The van der Waals surface area contributed by atoms with Gasteiger partial charge in [0.1, 0.15) is 0 Å². The third-order valence-electron chi connectivity index (χ3n) is 4.23. The first-order valence-corrected chi connectivity index (χ1v) is 8.71. The summed E-state index contributed by atoms with van der Waals surface area (Å²) in [5.74, 6) is 0.688. The molecule has 0 heterocycles. The molecule has 104 valence electrons. The summed E-state index contributed by atoms with van der Waals surface area (Å²) in [4.78, 5) is 4.74. The van der Waals surface area contributed by atoms with Crippen LogP contribution in [-0.4, -0.2) is 29.5 Å². The Balaban J connectivity index is 1.85. The molecule has 2 saturated carbocycles. The minimum Gasteiger partial charge on any atom is -0.370 e. The van der Waals surface area contributed by atoms with Crippen molar-refractivity contribution in [3.05, 3.63) is 0 Å². The molecule has 0 radical (unpaired) electrons. The molecule has 3 nitrogen and oxygen atoms in total. The van der Waals surface area contributed by atoms with Crippen LogP contribution < -0.4 is 11.1 Å². The summed E-state index contributed by atoms with van der Waals surface area (Å²) < 4.78 is 0. The predicted molar refractivity (Wildman–Crippen MR) is 81.2 cm³/mol. The average Bonchev–Trinajstić information content (AvgIpc) is 2.40. The second-order valence-corrected chi connectivity index (χ2v) is 6.70. The van der Waals surface area contributed by atoms with E-state index in [0.29, 0.717) is 23.3 Å². The zero-order chi connectivity index (χ0) is 12.8. The molecule has 2 atom stereocenters. The maximum atomic E-state index is 6.08. The Morgan fingerprint density at radius 1 is 1.06 bits per heavy atom. The molecule has 2 unspecified atom stereocenters. The molecule has 2 fully saturated rings. The van der Waals surface area contributed by atoms with Crippen LogP contribution in [0.1, 0.15) is 57.8 Å². The van der Waals surface area contributed by atoms with Gasteiger partial charge >= 0.3 is 0 Å². The summed E-state index contributed by atoms with van der Waals surface area (Å²) in [6.45, 7) is 0. The number of aliphatic imine (C=N–C) groups is 1. The number of nitrogens with one attached hydrogen (secondary N) is 1. The third kappa shape index (κ3) is 4.08. The molecule has 0 saturated heterocycles. The van der Waals surface area contributed by atoms with E-state index in [1.807, 2.05) is 11.8 Å². The van der Waals surface area contributed by atoms with Gasteiger partial charge < -0.3 is 11.1 Å². The lowest BCUT2D eigenvalue weighted by molar-refractivity contribution is 0.409. The van der Waals surface area contributed by atoms with Gasteiger partial charge in [-0.15, -0.1) is 0 Å². The lowest BCUT2D eigenvalue weighted by Crippen LogP contribution is -2.42. The number of nitrogens with zero attached hydrogens (tertiary/aromatic N) is 1. The van der Waals surface area contributed by atoms with Crippen LogP contribution in [0.5, 0.6) is 0 Å². The van der Waals surface area contributed by atoms with Crippen LogP contribution in [0.2, 0.25) is 0 Å². The van der Waals surface area contributed by atoms with Crippen molar-refractivity contribution in [1.29, 1.82) is 0 Å². The van der Waals surface area contributed by atoms with Crippen molar-refractivity contribution >= 4 is 17.7 Å². The van der Waals surface area contributed by atoms with Crippen molar-refractivity contribution in [2.24, 2.45) is 10.7 Å². The van der Waals surface area contributed by atoms with E-state index < -0.39 is 0 Å². The first-order chi connectivity index (χ1) is 8.79. The highest BCUT2D eigenvalue weighted by Crippen LogP contribution is 2.29. The molecule has 2 aliphatic carbocycles. The van der Waals surface area contributed by atoms with Crippen molar-refractivity contribution < 1.29 is 0 Å². The monoisotopic (exact) mass is 269 g/mol. The Morgan fingerprint density at radius 3 is 2.44 bits per heavy atom. The van der Waals surface area contributed by atoms with E-state index in [2.05, 4.69) is 11.6 Å². The summed E-state index contributed by atoms with van der Waals surface area (Å²) in [7, 11) is 0. The normalized spacial score (nSPS) is 31.3. The van der Waals surface area contributed by atoms with Crippen LogP contribution in [0.25, 0.3) is 0 Å². The lowest BCUT2D eigenvalue weighted by atomic mass is 9.95. The van der Waals surface area contributed by atoms with Crippen LogP contribution in [0.4, 0.5) is 0 Å².